The van der Waals surface area contributed by atoms with Crippen LogP contribution in [0.15, 0.2) is 48.5 Å². The van der Waals surface area contributed by atoms with Gasteiger partial charge in [-0.1, -0.05) is 47.6 Å². The Morgan fingerprint density at radius 1 is 0.627 bits per heavy atom. The standard InChI is InChI=1S/C18H35N3O4.C17H24N4O6.C7H6BrNO2.C2H3N.CH4/c1-17(2,3)24-15(22)13-20-9-7-19-8-10-21(12-11-20)14-16(23)25-18(4,5)6;22-16(23)12-19-7-5-18(6-8-20(10-9-19)13-17(24)25)11-14-1-3-15(4-2-14)21(26)27;8-5-6-1-3-7(4-2-6)9(10)11;1-2-3;/h19H,7-14H2,1-6H3;1-4H,5-13H2,(H,22,23)(H,24,25);1-4H,5H2;1H3;1H4. The van der Waals surface area contributed by atoms with Gasteiger partial charge in [-0.15, -0.1) is 0 Å². The molecule has 22 heteroatoms. The zero-order valence-corrected chi connectivity index (χ0v) is 40.9. The first-order chi connectivity index (χ1) is 30.9. The molecule has 0 bridgehead atoms. The van der Waals surface area contributed by atoms with Crippen molar-refractivity contribution < 1.29 is 48.7 Å². The summed E-state index contributed by atoms with van der Waals surface area (Å²) in [7, 11) is 0. The highest BCUT2D eigenvalue weighted by Crippen LogP contribution is 2.15. The molecule has 2 aromatic rings. The highest BCUT2D eigenvalue weighted by atomic mass is 79.9. The zero-order chi connectivity index (χ0) is 49.9. The third kappa shape index (κ3) is 30.7. The summed E-state index contributed by atoms with van der Waals surface area (Å²) >= 11 is 3.25. The number of nitrogens with zero attached hydrogens (tertiary/aromatic N) is 8. The maximum Gasteiger partial charge on any atom is 0.320 e. The number of halogens is 1. The second-order valence-corrected chi connectivity index (χ2v) is 17.9. The lowest BCUT2D eigenvalue weighted by molar-refractivity contribution is -0.385. The van der Waals surface area contributed by atoms with E-state index >= 15 is 0 Å². The second-order valence-electron chi connectivity index (χ2n) is 17.3. The van der Waals surface area contributed by atoms with E-state index in [1.54, 1.807) is 40.1 Å². The number of nitriles is 1. The van der Waals surface area contributed by atoms with Crippen LogP contribution in [0.25, 0.3) is 0 Å². The number of carbonyl (C=O) groups excluding carboxylic acids is 2. The van der Waals surface area contributed by atoms with Gasteiger partial charge in [-0.2, -0.15) is 5.26 Å². The number of esters is 2. The molecule has 2 fully saturated rings. The normalized spacial score (nSPS) is 15.8. The third-order valence-electron chi connectivity index (χ3n) is 9.26. The van der Waals surface area contributed by atoms with Crippen LogP contribution < -0.4 is 5.32 Å². The van der Waals surface area contributed by atoms with E-state index in [2.05, 4.69) is 35.9 Å². The Morgan fingerprint density at radius 3 is 1.21 bits per heavy atom. The number of rotatable bonds is 13. The minimum atomic E-state index is -0.916. The molecule has 67 heavy (non-hydrogen) atoms. The summed E-state index contributed by atoms with van der Waals surface area (Å²) in [4.78, 5) is 76.1. The lowest BCUT2D eigenvalue weighted by Gasteiger charge is -2.27. The lowest BCUT2D eigenvalue weighted by Crippen LogP contribution is -2.42. The van der Waals surface area contributed by atoms with Gasteiger partial charge in [-0.05, 0) is 52.7 Å². The van der Waals surface area contributed by atoms with Gasteiger partial charge in [-0.25, -0.2) is 0 Å². The molecular weight excluding hydrogens is 938 g/mol. The minimum absolute atomic E-state index is 0. The molecule has 2 saturated heterocycles. The summed E-state index contributed by atoms with van der Waals surface area (Å²) < 4.78 is 10.8. The number of carboxylic acid groups (broad SMARTS) is 2. The molecule has 2 aliphatic heterocycles. The van der Waals surface area contributed by atoms with Crippen LogP contribution in [0.2, 0.25) is 0 Å². The SMILES string of the molecule is C.CC#N.CC(C)(C)OC(=O)CN1CCNCCN(CC(=O)OC(C)(C)C)CC1.O=C(O)CN1CCN(CC(=O)O)CCN(Cc2ccc([N+](=O)[O-])cc2)CC1.O=[N+]([O-])c1ccc(CBr)cc1. The van der Waals surface area contributed by atoms with Crippen molar-refractivity contribution in [2.75, 3.05) is 105 Å². The summed E-state index contributed by atoms with van der Waals surface area (Å²) in [5.41, 5.74) is 1.17. The molecule has 0 saturated carbocycles. The molecule has 3 N–H and O–H groups in total. The molecule has 4 rings (SSSR count). The molecule has 2 aromatic carbocycles. The van der Waals surface area contributed by atoms with E-state index in [1.807, 2.05) is 41.5 Å². The summed E-state index contributed by atoms with van der Waals surface area (Å²) in [5.74, 6) is -2.27. The van der Waals surface area contributed by atoms with Gasteiger partial charge in [0, 0.05) is 122 Å². The minimum Gasteiger partial charge on any atom is -0.480 e. The number of carbonyl (C=O) groups is 4. The zero-order valence-electron chi connectivity index (χ0n) is 39.3. The first-order valence-electron chi connectivity index (χ1n) is 21.5. The quantitative estimate of drug-likeness (QED) is 0.106. The smallest absolute Gasteiger partial charge is 0.320 e. The Bertz CT molecular complexity index is 1790. The van der Waals surface area contributed by atoms with Crippen LogP contribution >= 0.6 is 15.9 Å². The first-order valence-corrected chi connectivity index (χ1v) is 22.6. The first kappa shape index (κ1) is 61.9. The molecule has 0 aromatic heterocycles. The Balaban J connectivity index is 0.00000101. The molecule has 0 spiro atoms. The molecular formula is C45H72BrN9O12. The summed E-state index contributed by atoms with van der Waals surface area (Å²) in [6, 6.07) is 14.5. The van der Waals surface area contributed by atoms with Crippen LogP contribution in [0.3, 0.4) is 0 Å². The predicted molar refractivity (Wildman–Crippen MR) is 258 cm³/mol. The van der Waals surface area contributed by atoms with Gasteiger partial charge in [0.15, 0.2) is 0 Å². The molecule has 0 amide bonds. The molecule has 376 valence electrons. The number of ether oxygens (including phenoxy) is 2. The van der Waals surface area contributed by atoms with Crippen LogP contribution in [-0.2, 0) is 40.5 Å². The number of alkyl halides is 1. The van der Waals surface area contributed by atoms with Gasteiger partial charge >= 0.3 is 23.9 Å². The van der Waals surface area contributed by atoms with Crippen LogP contribution in [0.5, 0.6) is 0 Å². The Kier molecular flexibility index (Phi) is 30.0. The second kappa shape index (κ2) is 32.5. The van der Waals surface area contributed by atoms with E-state index < -0.39 is 33.0 Å². The monoisotopic (exact) mass is 1010 g/mol. The lowest BCUT2D eigenvalue weighted by atomic mass is 10.2. The largest absolute Gasteiger partial charge is 0.480 e. The van der Waals surface area contributed by atoms with Crippen LogP contribution in [0.1, 0.15) is 67.0 Å². The Morgan fingerprint density at radius 2 is 0.925 bits per heavy atom. The van der Waals surface area contributed by atoms with E-state index in [0.717, 1.165) is 42.6 Å². The fraction of sp³-hybridized carbons (Fsp3) is 0.622. The molecule has 2 aliphatic rings. The summed E-state index contributed by atoms with van der Waals surface area (Å²) in [6.45, 7) is 21.5. The number of non-ortho nitro benzene ring substituents is 2. The molecule has 0 unspecified atom stereocenters. The average molecular weight is 1010 g/mol. The van der Waals surface area contributed by atoms with Crippen LogP contribution in [0, 0.1) is 31.6 Å². The maximum atomic E-state index is 12.1. The number of hydrogen-bond acceptors (Lipinski definition) is 17. The molecule has 0 atom stereocenters. The molecule has 0 radical (unpaired) electrons. The molecule has 2 heterocycles. The van der Waals surface area contributed by atoms with Crippen molar-refractivity contribution in [2.45, 2.75) is 79.0 Å². The maximum absolute atomic E-state index is 12.1. The van der Waals surface area contributed by atoms with Crippen LogP contribution in [-0.4, -0.2) is 184 Å². The number of carboxylic acids is 2. The van der Waals surface area contributed by atoms with Gasteiger partial charge < -0.3 is 25.0 Å². The number of nitro benzene ring substituents is 2. The predicted octanol–water partition coefficient (Wildman–Crippen LogP) is 4.72. The highest BCUT2D eigenvalue weighted by molar-refractivity contribution is 9.08. The van der Waals surface area contributed by atoms with Crippen molar-refractivity contribution in [2.24, 2.45) is 0 Å². The van der Waals surface area contributed by atoms with Gasteiger partial charge in [0.25, 0.3) is 11.4 Å². The van der Waals surface area contributed by atoms with Gasteiger partial charge in [-0.3, -0.25) is 63.9 Å². The van der Waals surface area contributed by atoms with Gasteiger partial charge in [0.05, 0.1) is 42.1 Å². The topological polar surface area (TPSA) is 265 Å². The van der Waals surface area contributed by atoms with Gasteiger partial charge in [0.2, 0.25) is 0 Å². The van der Waals surface area contributed by atoms with E-state index in [0.29, 0.717) is 58.9 Å². The summed E-state index contributed by atoms with van der Waals surface area (Å²) in [6.07, 6.45) is 0. The number of nitro groups is 2. The fourth-order valence-corrected chi connectivity index (χ4v) is 6.64. The molecule has 0 aliphatic carbocycles. The number of hydrogen-bond donors (Lipinski definition) is 3. The van der Waals surface area contributed by atoms with Crippen molar-refractivity contribution >= 4 is 51.2 Å². The summed E-state index contributed by atoms with van der Waals surface area (Å²) in [5, 5.41) is 50.5. The number of aliphatic carboxylic acids is 2. The third-order valence-corrected chi connectivity index (χ3v) is 9.90. The van der Waals surface area contributed by atoms with Crippen molar-refractivity contribution in [1.82, 2.24) is 29.8 Å². The number of benzene rings is 2. The fourth-order valence-electron chi connectivity index (χ4n) is 6.26. The van der Waals surface area contributed by atoms with Gasteiger partial charge in [0.1, 0.15) is 11.2 Å². The molecule has 21 nitrogen and oxygen atoms in total. The number of nitrogens with one attached hydrogen (secondary N) is 1. The Labute approximate surface area is 403 Å². The Hall–Kier alpha value is -5.15. The highest BCUT2D eigenvalue weighted by Gasteiger charge is 2.23. The van der Waals surface area contributed by atoms with Crippen molar-refractivity contribution in [3.05, 3.63) is 79.9 Å². The van der Waals surface area contributed by atoms with E-state index in [-0.39, 0.29) is 56.9 Å². The van der Waals surface area contributed by atoms with Crippen molar-refractivity contribution in [1.29, 1.82) is 5.26 Å². The van der Waals surface area contributed by atoms with E-state index in [9.17, 15) is 39.4 Å². The van der Waals surface area contributed by atoms with Crippen molar-refractivity contribution in [3.63, 3.8) is 0 Å². The average Bonchev–Trinajstić information content (AvgIpc) is 3.37. The van der Waals surface area contributed by atoms with E-state index in [4.69, 9.17) is 24.9 Å². The van der Waals surface area contributed by atoms with E-state index in [1.165, 1.54) is 31.2 Å². The van der Waals surface area contributed by atoms with Crippen LogP contribution in [0.4, 0.5) is 11.4 Å². The van der Waals surface area contributed by atoms with Crippen molar-refractivity contribution in [3.8, 4) is 6.07 Å².